The lowest BCUT2D eigenvalue weighted by molar-refractivity contribution is 0.183. The molecule has 0 bridgehead atoms. The van der Waals surface area contributed by atoms with Gasteiger partial charge in [-0.05, 0) is 69.9 Å². The van der Waals surface area contributed by atoms with Gasteiger partial charge < -0.3 is 10.2 Å². The SMILES string of the molecule is CCC(NC(C)C1CCN(C)CC1)c1ccc(Br)cc1. The minimum Gasteiger partial charge on any atom is -0.307 e. The fourth-order valence-corrected chi connectivity index (χ4v) is 3.39. The van der Waals surface area contributed by atoms with Gasteiger partial charge in [-0.15, -0.1) is 0 Å². The van der Waals surface area contributed by atoms with Gasteiger partial charge in [0.2, 0.25) is 0 Å². The summed E-state index contributed by atoms with van der Waals surface area (Å²) in [6.45, 7) is 7.11. The zero-order valence-electron chi connectivity index (χ0n) is 12.9. The van der Waals surface area contributed by atoms with Crippen LogP contribution in [0.25, 0.3) is 0 Å². The van der Waals surface area contributed by atoms with Crippen molar-refractivity contribution < 1.29 is 0 Å². The van der Waals surface area contributed by atoms with E-state index in [1.807, 2.05) is 0 Å². The van der Waals surface area contributed by atoms with Gasteiger partial charge in [-0.3, -0.25) is 0 Å². The van der Waals surface area contributed by atoms with Crippen LogP contribution in [0.3, 0.4) is 0 Å². The Labute approximate surface area is 132 Å². The predicted octanol–water partition coefficient (Wildman–Crippen LogP) is 4.22. The summed E-state index contributed by atoms with van der Waals surface area (Å²) in [5, 5.41) is 3.85. The quantitative estimate of drug-likeness (QED) is 0.864. The molecule has 0 saturated carbocycles. The second kappa shape index (κ2) is 7.58. The molecular weight excluding hydrogens is 312 g/mol. The first-order valence-corrected chi connectivity index (χ1v) is 8.59. The van der Waals surface area contributed by atoms with Crippen molar-refractivity contribution in [3.05, 3.63) is 34.3 Å². The van der Waals surface area contributed by atoms with Crippen molar-refractivity contribution in [1.82, 2.24) is 10.2 Å². The van der Waals surface area contributed by atoms with Crippen LogP contribution < -0.4 is 5.32 Å². The third kappa shape index (κ3) is 4.31. The molecule has 1 heterocycles. The maximum absolute atomic E-state index is 3.85. The van der Waals surface area contributed by atoms with Gasteiger partial charge in [-0.2, -0.15) is 0 Å². The van der Waals surface area contributed by atoms with Crippen molar-refractivity contribution >= 4 is 15.9 Å². The molecule has 2 nitrogen and oxygen atoms in total. The fraction of sp³-hybridized carbons (Fsp3) is 0.647. The van der Waals surface area contributed by atoms with Crippen molar-refractivity contribution in [1.29, 1.82) is 0 Å². The Balaban J connectivity index is 1.93. The third-order valence-corrected chi connectivity index (χ3v) is 5.14. The molecule has 1 saturated heterocycles. The van der Waals surface area contributed by atoms with Gasteiger partial charge in [0, 0.05) is 16.6 Å². The number of hydrogen-bond donors (Lipinski definition) is 1. The van der Waals surface area contributed by atoms with E-state index >= 15 is 0 Å². The zero-order chi connectivity index (χ0) is 14.5. The van der Waals surface area contributed by atoms with Crippen LogP contribution in [0.1, 0.15) is 44.7 Å². The van der Waals surface area contributed by atoms with Crippen LogP contribution in [0, 0.1) is 5.92 Å². The molecule has 0 amide bonds. The molecule has 0 aromatic heterocycles. The summed E-state index contributed by atoms with van der Waals surface area (Å²) in [7, 11) is 2.23. The minimum atomic E-state index is 0.470. The molecule has 1 N–H and O–H groups in total. The number of nitrogens with one attached hydrogen (secondary N) is 1. The Hall–Kier alpha value is -0.380. The van der Waals surface area contributed by atoms with Crippen molar-refractivity contribution in [2.45, 2.75) is 45.2 Å². The smallest absolute Gasteiger partial charge is 0.0320 e. The van der Waals surface area contributed by atoms with Gasteiger partial charge in [0.05, 0.1) is 0 Å². The minimum absolute atomic E-state index is 0.470. The van der Waals surface area contributed by atoms with Crippen molar-refractivity contribution in [2.24, 2.45) is 5.92 Å². The van der Waals surface area contributed by atoms with E-state index in [1.165, 1.54) is 31.5 Å². The van der Waals surface area contributed by atoms with Gasteiger partial charge in [-0.1, -0.05) is 35.0 Å². The number of piperidine rings is 1. The van der Waals surface area contributed by atoms with E-state index in [1.54, 1.807) is 0 Å². The summed E-state index contributed by atoms with van der Waals surface area (Å²) >= 11 is 3.51. The lowest BCUT2D eigenvalue weighted by atomic mass is 9.89. The Kier molecular flexibility index (Phi) is 6.06. The summed E-state index contributed by atoms with van der Waals surface area (Å²) in [4.78, 5) is 2.44. The zero-order valence-corrected chi connectivity index (χ0v) is 14.5. The first-order valence-electron chi connectivity index (χ1n) is 7.80. The van der Waals surface area contributed by atoms with Crippen LogP contribution in [-0.4, -0.2) is 31.1 Å². The maximum Gasteiger partial charge on any atom is 0.0320 e. The number of halogens is 1. The van der Waals surface area contributed by atoms with E-state index in [9.17, 15) is 0 Å². The molecule has 0 radical (unpaired) electrons. The summed E-state index contributed by atoms with van der Waals surface area (Å²) in [6.07, 6.45) is 3.78. The lowest BCUT2D eigenvalue weighted by Crippen LogP contribution is -2.41. The normalized spacial score (nSPS) is 20.8. The second-order valence-electron chi connectivity index (χ2n) is 6.11. The molecule has 20 heavy (non-hydrogen) atoms. The molecule has 1 aromatic rings. The Morgan fingerprint density at radius 2 is 1.85 bits per heavy atom. The third-order valence-electron chi connectivity index (χ3n) is 4.62. The second-order valence-corrected chi connectivity index (χ2v) is 7.02. The molecule has 2 unspecified atom stereocenters. The van der Waals surface area contributed by atoms with E-state index in [0.29, 0.717) is 12.1 Å². The average Bonchev–Trinajstić information content (AvgIpc) is 2.46. The average molecular weight is 339 g/mol. The highest BCUT2D eigenvalue weighted by molar-refractivity contribution is 9.10. The topological polar surface area (TPSA) is 15.3 Å². The summed E-state index contributed by atoms with van der Waals surface area (Å²) < 4.78 is 1.15. The van der Waals surface area contributed by atoms with E-state index < -0.39 is 0 Å². The molecule has 0 spiro atoms. The molecule has 1 aliphatic rings. The van der Waals surface area contributed by atoms with Crippen molar-refractivity contribution in [3.63, 3.8) is 0 Å². The van der Waals surface area contributed by atoms with E-state index in [2.05, 4.69) is 71.3 Å². The van der Waals surface area contributed by atoms with Crippen LogP contribution in [0.2, 0.25) is 0 Å². The van der Waals surface area contributed by atoms with E-state index in [-0.39, 0.29) is 0 Å². The molecule has 1 aliphatic heterocycles. The predicted molar refractivity (Wildman–Crippen MR) is 90.0 cm³/mol. The number of hydrogen-bond acceptors (Lipinski definition) is 2. The number of benzene rings is 1. The highest BCUT2D eigenvalue weighted by Crippen LogP contribution is 2.24. The van der Waals surface area contributed by atoms with Gasteiger partial charge in [0.1, 0.15) is 0 Å². The lowest BCUT2D eigenvalue weighted by Gasteiger charge is -2.35. The maximum atomic E-state index is 3.85. The summed E-state index contributed by atoms with van der Waals surface area (Å²) in [6, 6.07) is 9.80. The molecule has 3 heteroatoms. The summed E-state index contributed by atoms with van der Waals surface area (Å²) in [5.41, 5.74) is 1.40. The number of likely N-dealkylation sites (tertiary alicyclic amines) is 1. The molecule has 1 fully saturated rings. The molecule has 1 aromatic carbocycles. The van der Waals surface area contributed by atoms with Crippen molar-refractivity contribution in [2.75, 3.05) is 20.1 Å². The van der Waals surface area contributed by atoms with Crippen LogP contribution in [-0.2, 0) is 0 Å². The van der Waals surface area contributed by atoms with Gasteiger partial charge >= 0.3 is 0 Å². The number of nitrogens with zero attached hydrogens (tertiary/aromatic N) is 1. The van der Waals surface area contributed by atoms with Crippen LogP contribution in [0.4, 0.5) is 0 Å². The monoisotopic (exact) mass is 338 g/mol. The van der Waals surface area contributed by atoms with Gasteiger partial charge in [0.15, 0.2) is 0 Å². The summed E-state index contributed by atoms with van der Waals surface area (Å²) in [5.74, 6) is 0.815. The Morgan fingerprint density at radius 3 is 2.40 bits per heavy atom. The van der Waals surface area contributed by atoms with Gasteiger partial charge in [-0.25, -0.2) is 0 Å². The molecule has 112 valence electrons. The largest absolute Gasteiger partial charge is 0.307 e. The van der Waals surface area contributed by atoms with Crippen LogP contribution in [0.15, 0.2) is 28.7 Å². The van der Waals surface area contributed by atoms with Crippen LogP contribution >= 0.6 is 15.9 Å². The van der Waals surface area contributed by atoms with E-state index in [0.717, 1.165) is 16.8 Å². The van der Waals surface area contributed by atoms with Gasteiger partial charge in [0.25, 0.3) is 0 Å². The molecule has 2 atom stereocenters. The highest BCUT2D eigenvalue weighted by atomic mass is 79.9. The molecule has 0 aliphatic carbocycles. The first kappa shape index (κ1) is 16.0. The van der Waals surface area contributed by atoms with E-state index in [4.69, 9.17) is 0 Å². The molecular formula is C17H27BrN2. The Morgan fingerprint density at radius 1 is 1.25 bits per heavy atom. The highest BCUT2D eigenvalue weighted by Gasteiger charge is 2.24. The Bertz CT molecular complexity index is 396. The molecule has 2 rings (SSSR count). The standard InChI is InChI=1S/C17H27BrN2/c1-4-17(15-5-7-16(18)8-6-15)19-13(2)14-9-11-20(3)12-10-14/h5-8,13-14,17,19H,4,9-12H2,1-3H3. The van der Waals surface area contributed by atoms with Crippen molar-refractivity contribution in [3.8, 4) is 0 Å². The number of rotatable bonds is 5. The van der Waals surface area contributed by atoms with Crippen LogP contribution in [0.5, 0.6) is 0 Å². The fourth-order valence-electron chi connectivity index (χ4n) is 3.13. The first-order chi connectivity index (χ1) is 9.60.